The quantitative estimate of drug-likeness (QED) is 0.0724. The van der Waals surface area contributed by atoms with E-state index in [2.05, 4.69) is 19.9 Å². The van der Waals surface area contributed by atoms with Crippen molar-refractivity contribution in [3.8, 4) is 0 Å². The monoisotopic (exact) mass is 752 g/mol. The molecular formula is C43H60O11. The van der Waals surface area contributed by atoms with Crippen LogP contribution in [0.1, 0.15) is 104 Å². The number of fused-ring (bicyclic) bond motifs is 2. The van der Waals surface area contributed by atoms with Gasteiger partial charge in [-0.05, 0) is 67.8 Å². The minimum absolute atomic E-state index is 0.0312. The number of carboxylic acid groups (broad SMARTS) is 1. The van der Waals surface area contributed by atoms with Crippen molar-refractivity contribution in [3.63, 3.8) is 0 Å². The topological polar surface area (TPSA) is 144 Å². The number of aliphatic carboxylic acids is 1. The molecule has 1 aromatic carbocycles. The van der Waals surface area contributed by atoms with Gasteiger partial charge in [-0.15, -0.1) is 0 Å². The number of methoxy groups -OCH3 is 1. The zero-order valence-electron chi connectivity index (χ0n) is 32.8. The lowest BCUT2D eigenvalue weighted by Crippen LogP contribution is -2.65. The fourth-order valence-corrected chi connectivity index (χ4v) is 11.5. The van der Waals surface area contributed by atoms with Crippen LogP contribution < -0.4 is 0 Å². The predicted octanol–water partition coefficient (Wildman–Crippen LogP) is 7.68. The van der Waals surface area contributed by atoms with Crippen molar-refractivity contribution >= 4 is 24.4 Å². The summed E-state index contributed by atoms with van der Waals surface area (Å²) in [4.78, 5) is 54.3. The first-order valence-electron chi connectivity index (χ1n) is 20.2. The van der Waals surface area contributed by atoms with Gasteiger partial charge in [0.2, 0.25) is 0 Å². The van der Waals surface area contributed by atoms with Crippen LogP contribution in [0.25, 0.3) is 0 Å². The van der Waals surface area contributed by atoms with Gasteiger partial charge in [-0.3, -0.25) is 9.59 Å². The maximum absolute atomic E-state index is 14.0. The first-order chi connectivity index (χ1) is 25.9. The van der Waals surface area contributed by atoms with Gasteiger partial charge in [-0.2, -0.15) is 0 Å². The third-order valence-corrected chi connectivity index (χ3v) is 13.8. The molecule has 6 rings (SSSR count). The molecule has 0 amide bonds. The highest BCUT2D eigenvalue weighted by atomic mass is 16.8. The molecule has 0 radical (unpaired) electrons. The maximum Gasteiger partial charge on any atom is 0.509 e. The molecule has 0 spiro atoms. The fourth-order valence-electron chi connectivity index (χ4n) is 11.5. The lowest BCUT2D eigenvalue weighted by molar-refractivity contribution is -0.310. The molecule has 1 aromatic rings. The Kier molecular flexibility index (Phi) is 12.3. The number of rotatable bonds is 17. The van der Waals surface area contributed by atoms with Crippen molar-refractivity contribution in [2.45, 2.75) is 136 Å². The summed E-state index contributed by atoms with van der Waals surface area (Å²) in [7, 11) is 1.48. The summed E-state index contributed by atoms with van der Waals surface area (Å²) in [6, 6.07) is 9.18. The first-order valence-corrected chi connectivity index (χ1v) is 20.2. The van der Waals surface area contributed by atoms with Gasteiger partial charge in [0.1, 0.15) is 24.4 Å². The fraction of sp³-hybridized carbons (Fsp3) is 0.721. The minimum atomic E-state index is -1.46. The Morgan fingerprint density at radius 2 is 1.72 bits per heavy atom. The molecular weight excluding hydrogens is 692 g/mol. The number of ether oxygens (including phenoxy) is 6. The van der Waals surface area contributed by atoms with E-state index in [0.717, 1.165) is 55.9 Å². The van der Waals surface area contributed by atoms with Crippen LogP contribution >= 0.6 is 0 Å². The molecule has 1 saturated heterocycles. The maximum atomic E-state index is 14.0. The molecule has 298 valence electrons. The summed E-state index contributed by atoms with van der Waals surface area (Å²) in [5.74, 6) is -1.30. The minimum Gasteiger partial charge on any atom is -0.481 e. The highest BCUT2D eigenvalue weighted by Gasteiger charge is 2.84. The molecule has 0 aromatic heterocycles. The lowest BCUT2D eigenvalue weighted by Gasteiger charge is -2.58. The Bertz CT molecular complexity index is 1540. The van der Waals surface area contributed by atoms with E-state index < -0.39 is 65.0 Å². The second-order valence-electron chi connectivity index (χ2n) is 16.9. The number of carboxylic acids is 1. The standard InChI is InChI=1S/C43H60O11/c1-7-8-9-10-14-17-34(45)53-36-35(49-6)28(5)52-38(37(36)54-40(48)50-23-29-15-12-11-13-16-29)51-25-42-22-31-27(4)18-19-32(31)41(24-44)21-30(42)20-33(26(2)3)43(41,42)39(46)47/h11-13,15-16,20,24,26-28,30-32,35-38H,7-10,14,17-19,21-23,25H2,1-6H3,(H,46,47)/t27?,28-,30?,31?,32?,35-,36-,37+,38-,41?,42?,43?/m1/s1. The van der Waals surface area contributed by atoms with Crippen LogP contribution in [0, 0.1) is 45.8 Å². The second kappa shape index (κ2) is 16.4. The molecule has 1 heterocycles. The van der Waals surface area contributed by atoms with E-state index in [0.29, 0.717) is 25.2 Å². The normalized spacial score (nSPS) is 37.8. The van der Waals surface area contributed by atoms with Gasteiger partial charge in [-0.1, -0.05) is 102 Å². The van der Waals surface area contributed by atoms with Crippen molar-refractivity contribution in [1.29, 1.82) is 0 Å². The summed E-state index contributed by atoms with van der Waals surface area (Å²) in [6.07, 6.45) is 4.70. The van der Waals surface area contributed by atoms with Crippen LogP contribution in [0.4, 0.5) is 4.79 Å². The molecule has 5 aliphatic rings. The number of aldehydes is 1. The van der Waals surface area contributed by atoms with Gasteiger partial charge in [-0.25, -0.2) is 4.79 Å². The number of allylic oxidation sites excluding steroid dienone is 1. The number of esters is 1. The zero-order chi connectivity index (χ0) is 38.8. The third kappa shape index (κ3) is 6.70. The average Bonchev–Trinajstić information content (AvgIpc) is 3.72. The van der Waals surface area contributed by atoms with Crippen LogP contribution in [-0.2, 0) is 49.4 Å². The van der Waals surface area contributed by atoms with Gasteiger partial charge in [0, 0.05) is 18.9 Å². The number of unbranched alkanes of at least 4 members (excludes halogenated alkanes) is 4. The molecule has 11 nitrogen and oxygen atoms in total. The Hall–Kier alpha value is -3.28. The summed E-state index contributed by atoms with van der Waals surface area (Å²) in [5, 5.41) is 11.4. The summed E-state index contributed by atoms with van der Waals surface area (Å²) < 4.78 is 36.6. The van der Waals surface area contributed by atoms with Crippen molar-refractivity contribution in [2.24, 2.45) is 45.8 Å². The van der Waals surface area contributed by atoms with Gasteiger partial charge < -0.3 is 38.3 Å². The van der Waals surface area contributed by atoms with E-state index in [1.54, 1.807) is 6.92 Å². The van der Waals surface area contributed by atoms with Crippen LogP contribution in [0.3, 0.4) is 0 Å². The van der Waals surface area contributed by atoms with E-state index in [1.807, 2.05) is 44.2 Å². The van der Waals surface area contributed by atoms with Crippen molar-refractivity contribution in [1.82, 2.24) is 0 Å². The van der Waals surface area contributed by atoms with Gasteiger partial charge in [0.05, 0.1) is 18.1 Å². The van der Waals surface area contributed by atoms with E-state index in [-0.39, 0.29) is 43.3 Å². The van der Waals surface area contributed by atoms with E-state index in [4.69, 9.17) is 28.4 Å². The molecule has 1 N–H and O–H groups in total. The molecule has 3 saturated carbocycles. The largest absolute Gasteiger partial charge is 0.509 e. The highest BCUT2D eigenvalue weighted by Crippen LogP contribution is 2.82. The number of carbonyl (C=O) groups is 4. The van der Waals surface area contributed by atoms with Gasteiger partial charge in [0.25, 0.3) is 0 Å². The molecule has 54 heavy (non-hydrogen) atoms. The van der Waals surface area contributed by atoms with Crippen molar-refractivity contribution < 1.29 is 52.7 Å². The van der Waals surface area contributed by atoms with Gasteiger partial charge >= 0.3 is 18.1 Å². The molecule has 4 bridgehead atoms. The molecule has 4 fully saturated rings. The number of hydrogen-bond donors (Lipinski definition) is 1. The number of carbonyl (C=O) groups excluding carboxylic acids is 3. The third-order valence-electron chi connectivity index (χ3n) is 13.8. The Balaban J connectivity index is 1.32. The van der Waals surface area contributed by atoms with Gasteiger partial charge in [0.15, 0.2) is 18.5 Å². The smallest absolute Gasteiger partial charge is 0.481 e. The van der Waals surface area contributed by atoms with E-state index >= 15 is 0 Å². The second-order valence-corrected chi connectivity index (χ2v) is 16.9. The Labute approximate surface area is 319 Å². The van der Waals surface area contributed by atoms with E-state index in [1.165, 1.54) is 7.11 Å². The van der Waals surface area contributed by atoms with E-state index in [9.17, 15) is 24.3 Å². The summed E-state index contributed by atoms with van der Waals surface area (Å²) in [5.41, 5.74) is -1.93. The van der Waals surface area contributed by atoms with Crippen LogP contribution in [0.15, 0.2) is 42.0 Å². The number of hydrogen-bond acceptors (Lipinski definition) is 10. The van der Waals surface area contributed by atoms with Crippen molar-refractivity contribution in [3.05, 3.63) is 47.5 Å². The molecule has 11 heteroatoms. The zero-order valence-corrected chi connectivity index (χ0v) is 32.8. The van der Waals surface area contributed by atoms with Crippen LogP contribution in [0.2, 0.25) is 0 Å². The summed E-state index contributed by atoms with van der Waals surface area (Å²) in [6.45, 7) is 10.0. The average molecular weight is 753 g/mol. The highest BCUT2D eigenvalue weighted by molar-refractivity contribution is 5.90. The Morgan fingerprint density at radius 1 is 0.981 bits per heavy atom. The number of benzene rings is 1. The lowest BCUT2D eigenvalue weighted by atomic mass is 9.43. The molecule has 4 aliphatic carbocycles. The first kappa shape index (κ1) is 40.4. The van der Waals surface area contributed by atoms with Crippen LogP contribution in [0.5, 0.6) is 0 Å². The van der Waals surface area contributed by atoms with Crippen molar-refractivity contribution in [2.75, 3.05) is 13.7 Å². The SMILES string of the molecule is CCCCCCCC(=O)O[C@H]1[C@H](OC(=O)OCc2ccccc2)[C@H](OCC23CC4C(C)CCC4C4(C=O)CC2C=C(C(C)C)C43C(=O)O)O[C@H](C)[C@H]1OC. The molecule has 12 atom stereocenters. The summed E-state index contributed by atoms with van der Waals surface area (Å²) >= 11 is 0. The Morgan fingerprint density at radius 3 is 2.39 bits per heavy atom. The predicted molar refractivity (Wildman–Crippen MR) is 198 cm³/mol. The molecule has 7 unspecified atom stereocenters. The van der Waals surface area contributed by atoms with Crippen LogP contribution in [-0.4, -0.2) is 73.9 Å². The molecule has 1 aliphatic heterocycles.